The standard InChI is InChI=1S/C19H21N5O2/c1-24(2)19(25)23-18-21-16-14(10-7-11-15(16)26-3)17(22-18)20-12-13-8-5-4-6-9-13/h4-11H,12H2,1-3H3,(H2,20,21,22,23,25). The fourth-order valence-electron chi connectivity index (χ4n) is 2.47. The predicted molar refractivity (Wildman–Crippen MR) is 103 cm³/mol. The number of ether oxygens (including phenoxy) is 1. The van der Waals surface area contributed by atoms with Crippen LogP contribution in [-0.4, -0.2) is 42.1 Å². The Kier molecular flexibility index (Phi) is 5.17. The minimum Gasteiger partial charge on any atom is -0.494 e. The van der Waals surface area contributed by atoms with Crippen LogP contribution < -0.4 is 15.4 Å². The molecule has 1 aromatic heterocycles. The lowest BCUT2D eigenvalue weighted by atomic mass is 10.2. The van der Waals surface area contributed by atoms with Crippen molar-refractivity contribution >= 4 is 28.7 Å². The molecule has 3 rings (SSSR count). The normalized spacial score (nSPS) is 10.4. The SMILES string of the molecule is COc1cccc2c(NCc3ccccc3)nc(NC(=O)N(C)C)nc12. The third-order valence-corrected chi connectivity index (χ3v) is 3.84. The quantitative estimate of drug-likeness (QED) is 0.737. The molecule has 0 unspecified atom stereocenters. The van der Waals surface area contributed by atoms with Crippen molar-refractivity contribution < 1.29 is 9.53 Å². The summed E-state index contributed by atoms with van der Waals surface area (Å²) in [4.78, 5) is 22.3. The van der Waals surface area contributed by atoms with Crippen LogP contribution in [-0.2, 0) is 6.54 Å². The monoisotopic (exact) mass is 351 g/mol. The molecule has 3 aromatic rings. The highest BCUT2D eigenvalue weighted by Gasteiger charge is 2.14. The smallest absolute Gasteiger partial charge is 0.323 e. The molecule has 7 nitrogen and oxygen atoms in total. The summed E-state index contributed by atoms with van der Waals surface area (Å²) in [6.07, 6.45) is 0. The number of hydrogen-bond acceptors (Lipinski definition) is 5. The van der Waals surface area contributed by atoms with E-state index in [2.05, 4.69) is 20.6 Å². The zero-order chi connectivity index (χ0) is 18.5. The van der Waals surface area contributed by atoms with Crippen LogP contribution in [0.15, 0.2) is 48.5 Å². The van der Waals surface area contributed by atoms with Crippen LogP contribution in [0.1, 0.15) is 5.56 Å². The second-order valence-corrected chi connectivity index (χ2v) is 5.92. The van der Waals surface area contributed by atoms with Gasteiger partial charge >= 0.3 is 6.03 Å². The summed E-state index contributed by atoms with van der Waals surface area (Å²) < 4.78 is 5.41. The first-order valence-electron chi connectivity index (χ1n) is 8.19. The lowest BCUT2D eigenvalue weighted by molar-refractivity contribution is 0.230. The zero-order valence-corrected chi connectivity index (χ0v) is 15.0. The van der Waals surface area contributed by atoms with E-state index in [4.69, 9.17) is 4.74 Å². The molecule has 2 aromatic carbocycles. The molecule has 0 atom stereocenters. The van der Waals surface area contributed by atoms with Crippen molar-refractivity contribution in [3.05, 3.63) is 54.1 Å². The molecule has 2 amide bonds. The number of para-hydroxylation sites is 1. The van der Waals surface area contributed by atoms with Crippen molar-refractivity contribution in [3.63, 3.8) is 0 Å². The lowest BCUT2D eigenvalue weighted by Gasteiger charge is -2.15. The van der Waals surface area contributed by atoms with Gasteiger partial charge in [-0.1, -0.05) is 36.4 Å². The van der Waals surface area contributed by atoms with Crippen molar-refractivity contribution in [1.29, 1.82) is 0 Å². The predicted octanol–water partition coefficient (Wildman–Crippen LogP) is 3.34. The summed E-state index contributed by atoms with van der Waals surface area (Å²) in [6, 6.07) is 15.4. The first-order chi connectivity index (χ1) is 12.6. The molecule has 0 saturated heterocycles. The number of nitrogens with zero attached hydrogens (tertiary/aromatic N) is 3. The Morgan fingerprint density at radius 2 is 1.85 bits per heavy atom. The van der Waals surface area contributed by atoms with Crippen molar-refractivity contribution in [3.8, 4) is 5.75 Å². The average Bonchev–Trinajstić information content (AvgIpc) is 2.66. The molecular weight excluding hydrogens is 330 g/mol. The summed E-state index contributed by atoms with van der Waals surface area (Å²) in [5.74, 6) is 1.47. The largest absolute Gasteiger partial charge is 0.494 e. The third kappa shape index (κ3) is 3.83. The fourth-order valence-corrected chi connectivity index (χ4v) is 2.47. The first-order valence-corrected chi connectivity index (χ1v) is 8.19. The maximum atomic E-state index is 12.0. The Bertz CT molecular complexity index is 912. The van der Waals surface area contributed by atoms with Gasteiger partial charge in [0.25, 0.3) is 0 Å². The molecule has 2 N–H and O–H groups in total. The van der Waals surface area contributed by atoms with E-state index < -0.39 is 0 Å². The number of amides is 2. The summed E-state index contributed by atoms with van der Waals surface area (Å²) >= 11 is 0. The third-order valence-electron chi connectivity index (χ3n) is 3.84. The Morgan fingerprint density at radius 3 is 2.54 bits per heavy atom. The number of anilines is 2. The van der Waals surface area contributed by atoms with Gasteiger partial charge in [-0.25, -0.2) is 9.78 Å². The van der Waals surface area contributed by atoms with Crippen LogP contribution in [0, 0.1) is 0 Å². The van der Waals surface area contributed by atoms with Crippen LogP contribution in [0.5, 0.6) is 5.75 Å². The molecule has 0 fully saturated rings. The molecule has 0 saturated carbocycles. The molecule has 0 aliphatic heterocycles. The minimum absolute atomic E-state index is 0.219. The molecule has 0 aliphatic carbocycles. The Labute approximate surface area is 152 Å². The molecular formula is C19H21N5O2. The van der Waals surface area contributed by atoms with E-state index in [-0.39, 0.29) is 12.0 Å². The second-order valence-electron chi connectivity index (χ2n) is 5.92. The number of hydrogen-bond donors (Lipinski definition) is 2. The van der Waals surface area contributed by atoms with Crippen LogP contribution in [0.25, 0.3) is 10.9 Å². The maximum Gasteiger partial charge on any atom is 0.323 e. The van der Waals surface area contributed by atoms with E-state index in [0.717, 1.165) is 10.9 Å². The first kappa shape index (κ1) is 17.5. The molecule has 0 spiro atoms. The van der Waals surface area contributed by atoms with E-state index in [0.29, 0.717) is 23.6 Å². The van der Waals surface area contributed by atoms with Gasteiger partial charge in [0.1, 0.15) is 17.1 Å². The van der Waals surface area contributed by atoms with Gasteiger partial charge in [0.05, 0.1) is 7.11 Å². The highest BCUT2D eigenvalue weighted by molar-refractivity contribution is 5.95. The second kappa shape index (κ2) is 7.69. The maximum absolute atomic E-state index is 12.0. The number of urea groups is 1. The van der Waals surface area contributed by atoms with Crippen LogP contribution in [0.3, 0.4) is 0 Å². The highest BCUT2D eigenvalue weighted by Crippen LogP contribution is 2.29. The molecule has 134 valence electrons. The lowest BCUT2D eigenvalue weighted by Crippen LogP contribution is -2.28. The highest BCUT2D eigenvalue weighted by atomic mass is 16.5. The topological polar surface area (TPSA) is 79.4 Å². The van der Waals surface area contributed by atoms with Crippen molar-refractivity contribution in [2.24, 2.45) is 0 Å². The molecule has 0 aliphatic rings. The Morgan fingerprint density at radius 1 is 1.08 bits per heavy atom. The molecule has 7 heteroatoms. The molecule has 0 radical (unpaired) electrons. The van der Waals surface area contributed by atoms with E-state index in [9.17, 15) is 4.79 Å². The molecule has 1 heterocycles. The van der Waals surface area contributed by atoms with Gasteiger partial charge in [-0.2, -0.15) is 4.98 Å². The van der Waals surface area contributed by atoms with Crippen LogP contribution in [0.2, 0.25) is 0 Å². The average molecular weight is 351 g/mol. The number of carbonyl (C=O) groups is 1. The molecule has 26 heavy (non-hydrogen) atoms. The zero-order valence-electron chi connectivity index (χ0n) is 15.0. The van der Waals surface area contributed by atoms with Crippen molar-refractivity contribution in [2.45, 2.75) is 6.54 Å². The number of methoxy groups -OCH3 is 1. The number of fused-ring (bicyclic) bond motifs is 1. The van der Waals surface area contributed by atoms with Gasteiger partial charge in [0.2, 0.25) is 5.95 Å². The summed E-state index contributed by atoms with van der Waals surface area (Å²) in [5, 5.41) is 6.84. The van der Waals surface area contributed by atoms with Gasteiger partial charge in [0, 0.05) is 26.0 Å². The van der Waals surface area contributed by atoms with Crippen LogP contribution in [0.4, 0.5) is 16.6 Å². The van der Waals surface area contributed by atoms with Gasteiger partial charge < -0.3 is 15.0 Å². The van der Waals surface area contributed by atoms with Crippen molar-refractivity contribution in [1.82, 2.24) is 14.9 Å². The van der Waals surface area contributed by atoms with Crippen LogP contribution >= 0.6 is 0 Å². The number of rotatable bonds is 5. The van der Waals surface area contributed by atoms with Gasteiger partial charge in [-0.05, 0) is 17.7 Å². The van der Waals surface area contributed by atoms with E-state index >= 15 is 0 Å². The summed E-state index contributed by atoms with van der Waals surface area (Å²) in [7, 11) is 4.91. The van der Waals surface area contributed by atoms with Gasteiger partial charge in [-0.15, -0.1) is 0 Å². The Balaban J connectivity index is 1.99. The van der Waals surface area contributed by atoms with Gasteiger partial charge in [0.15, 0.2) is 0 Å². The number of nitrogens with one attached hydrogen (secondary N) is 2. The minimum atomic E-state index is -0.298. The number of benzene rings is 2. The van der Waals surface area contributed by atoms with E-state index in [1.807, 2.05) is 48.5 Å². The summed E-state index contributed by atoms with van der Waals surface area (Å²) in [5.41, 5.74) is 1.76. The fraction of sp³-hybridized carbons (Fsp3) is 0.211. The van der Waals surface area contributed by atoms with Crippen molar-refractivity contribution in [2.75, 3.05) is 31.8 Å². The van der Waals surface area contributed by atoms with E-state index in [1.54, 1.807) is 21.2 Å². The molecule has 0 bridgehead atoms. The number of carbonyl (C=O) groups excluding carboxylic acids is 1. The number of aromatic nitrogens is 2. The Hall–Kier alpha value is -3.35. The van der Waals surface area contributed by atoms with E-state index in [1.165, 1.54) is 4.90 Å². The van der Waals surface area contributed by atoms with Gasteiger partial charge in [-0.3, -0.25) is 5.32 Å². The summed E-state index contributed by atoms with van der Waals surface area (Å²) in [6.45, 7) is 0.602.